The first-order valence-electron chi connectivity index (χ1n) is 7.92. The van der Waals surface area contributed by atoms with Crippen molar-refractivity contribution in [3.05, 3.63) is 23.4 Å². The number of hydrogen-bond donors (Lipinski definition) is 1. The van der Waals surface area contributed by atoms with Crippen molar-refractivity contribution in [1.82, 2.24) is 15.2 Å². The highest BCUT2D eigenvalue weighted by Crippen LogP contribution is 2.17. The molecule has 0 aliphatic rings. The van der Waals surface area contributed by atoms with Crippen LogP contribution in [0, 0.1) is 12.8 Å². The maximum atomic E-state index is 4.65. The fourth-order valence-electron chi connectivity index (χ4n) is 2.36. The Bertz CT molecular complexity index is 415. The predicted molar refractivity (Wildman–Crippen MR) is 92.0 cm³/mol. The van der Waals surface area contributed by atoms with Crippen molar-refractivity contribution in [1.29, 1.82) is 0 Å². The molecule has 4 nitrogen and oxygen atoms in total. The quantitative estimate of drug-likeness (QED) is 0.758. The van der Waals surface area contributed by atoms with Crippen LogP contribution in [0.4, 0.5) is 5.82 Å². The number of hydrogen-bond acceptors (Lipinski definition) is 4. The standard InChI is InChI=1S/C17H32N4/c1-14(2)11-18-12-16-10-15(3)17(19-13-16)21(6)9-7-8-20(4)5/h10,13-14,18H,7-9,11-12H2,1-6H3. The van der Waals surface area contributed by atoms with Gasteiger partial charge in [-0.1, -0.05) is 13.8 Å². The lowest BCUT2D eigenvalue weighted by atomic mass is 10.1. The lowest BCUT2D eigenvalue weighted by Crippen LogP contribution is -2.25. The van der Waals surface area contributed by atoms with E-state index in [1.54, 1.807) is 0 Å². The third-order valence-corrected chi connectivity index (χ3v) is 3.45. The third kappa shape index (κ3) is 6.91. The lowest BCUT2D eigenvalue weighted by Gasteiger charge is -2.21. The third-order valence-electron chi connectivity index (χ3n) is 3.45. The number of aryl methyl sites for hydroxylation is 1. The first-order valence-corrected chi connectivity index (χ1v) is 7.92. The van der Waals surface area contributed by atoms with Crippen molar-refractivity contribution in [3.8, 4) is 0 Å². The van der Waals surface area contributed by atoms with Gasteiger partial charge in [0.25, 0.3) is 0 Å². The Morgan fingerprint density at radius 3 is 2.48 bits per heavy atom. The van der Waals surface area contributed by atoms with E-state index in [9.17, 15) is 0 Å². The van der Waals surface area contributed by atoms with Crippen LogP contribution in [0.5, 0.6) is 0 Å². The fraction of sp³-hybridized carbons (Fsp3) is 0.706. The first kappa shape index (κ1) is 17.9. The lowest BCUT2D eigenvalue weighted by molar-refractivity contribution is 0.401. The van der Waals surface area contributed by atoms with Crippen molar-refractivity contribution >= 4 is 5.82 Å². The van der Waals surface area contributed by atoms with Gasteiger partial charge in [0.05, 0.1) is 0 Å². The normalized spacial score (nSPS) is 11.4. The summed E-state index contributed by atoms with van der Waals surface area (Å²) in [6, 6.07) is 2.25. The molecule has 21 heavy (non-hydrogen) atoms. The van der Waals surface area contributed by atoms with Crippen LogP contribution in [0.25, 0.3) is 0 Å². The summed E-state index contributed by atoms with van der Waals surface area (Å²) in [7, 11) is 6.35. The fourth-order valence-corrected chi connectivity index (χ4v) is 2.36. The Hall–Kier alpha value is -1.13. The van der Waals surface area contributed by atoms with Crippen LogP contribution < -0.4 is 10.2 Å². The summed E-state index contributed by atoms with van der Waals surface area (Å²) in [6.07, 6.45) is 3.15. The van der Waals surface area contributed by atoms with E-state index in [2.05, 4.69) is 68.1 Å². The van der Waals surface area contributed by atoms with E-state index in [1.165, 1.54) is 11.1 Å². The van der Waals surface area contributed by atoms with Gasteiger partial charge in [0.2, 0.25) is 0 Å². The average Bonchev–Trinajstić information content (AvgIpc) is 2.37. The second kappa shape index (κ2) is 9.00. The Kier molecular flexibility index (Phi) is 7.68. The van der Waals surface area contributed by atoms with Crippen molar-refractivity contribution in [2.75, 3.05) is 45.7 Å². The highest BCUT2D eigenvalue weighted by molar-refractivity contribution is 5.46. The Morgan fingerprint density at radius 1 is 1.19 bits per heavy atom. The summed E-state index contributed by atoms with van der Waals surface area (Å²) in [6.45, 7) is 10.7. The number of aromatic nitrogens is 1. The molecule has 0 aliphatic carbocycles. The number of anilines is 1. The van der Waals surface area contributed by atoms with Gasteiger partial charge in [0, 0.05) is 26.3 Å². The molecule has 0 bridgehead atoms. The molecule has 1 rings (SSSR count). The molecule has 0 atom stereocenters. The van der Waals surface area contributed by atoms with E-state index in [4.69, 9.17) is 0 Å². The van der Waals surface area contributed by atoms with Crippen molar-refractivity contribution in [2.45, 2.75) is 33.7 Å². The van der Waals surface area contributed by atoms with Gasteiger partial charge >= 0.3 is 0 Å². The van der Waals surface area contributed by atoms with Crippen LogP contribution in [0.3, 0.4) is 0 Å². The molecule has 0 aliphatic heterocycles. The van der Waals surface area contributed by atoms with Crippen LogP contribution in [-0.2, 0) is 6.54 Å². The smallest absolute Gasteiger partial charge is 0.131 e. The maximum absolute atomic E-state index is 4.65. The number of nitrogens with zero attached hydrogens (tertiary/aromatic N) is 3. The summed E-state index contributed by atoms with van der Waals surface area (Å²) >= 11 is 0. The Labute approximate surface area is 130 Å². The Morgan fingerprint density at radius 2 is 1.90 bits per heavy atom. The summed E-state index contributed by atoms with van der Waals surface area (Å²) in [5.41, 5.74) is 2.52. The summed E-state index contributed by atoms with van der Waals surface area (Å²) in [5, 5.41) is 3.46. The van der Waals surface area contributed by atoms with E-state index in [1.807, 2.05) is 6.20 Å². The molecule has 0 spiro atoms. The maximum Gasteiger partial charge on any atom is 0.131 e. The molecule has 1 heterocycles. The molecular weight excluding hydrogens is 260 g/mol. The van der Waals surface area contributed by atoms with Crippen LogP contribution in [0.1, 0.15) is 31.4 Å². The van der Waals surface area contributed by atoms with Gasteiger partial charge in [0.1, 0.15) is 5.82 Å². The van der Waals surface area contributed by atoms with Gasteiger partial charge < -0.3 is 15.1 Å². The molecule has 120 valence electrons. The highest BCUT2D eigenvalue weighted by Gasteiger charge is 2.07. The second-order valence-corrected chi connectivity index (χ2v) is 6.59. The van der Waals surface area contributed by atoms with Crippen LogP contribution in [-0.4, -0.2) is 50.7 Å². The predicted octanol–water partition coefficient (Wildman–Crippen LogP) is 2.52. The van der Waals surface area contributed by atoms with E-state index >= 15 is 0 Å². The van der Waals surface area contributed by atoms with Gasteiger partial charge in [-0.15, -0.1) is 0 Å². The van der Waals surface area contributed by atoms with E-state index in [0.29, 0.717) is 5.92 Å². The zero-order valence-corrected chi connectivity index (χ0v) is 14.6. The SMILES string of the molecule is Cc1cc(CNCC(C)C)cnc1N(C)CCCN(C)C. The second-order valence-electron chi connectivity index (χ2n) is 6.59. The largest absolute Gasteiger partial charge is 0.359 e. The van der Waals surface area contributed by atoms with E-state index in [0.717, 1.165) is 38.4 Å². The average molecular weight is 292 g/mol. The van der Waals surface area contributed by atoms with Crippen LogP contribution in [0.15, 0.2) is 12.3 Å². The van der Waals surface area contributed by atoms with Crippen molar-refractivity contribution in [2.24, 2.45) is 5.92 Å². The monoisotopic (exact) mass is 292 g/mol. The highest BCUT2D eigenvalue weighted by atomic mass is 15.2. The summed E-state index contributed by atoms with van der Waals surface area (Å²) < 4.78 is 0. The minimum atomic E-state index is 0.682. The first-order chi connectivity index (χ1) is 9.90. The zero-order chi connectivity index (χ0) is 15.8. The molecule has 1 N–H and O–H groups in total. The molecule has 0 saturated carbocycles. The van der Waals surface area contributed by atoms with E-state index in [-0.39, 0.29) is 0 Å². The molecule has 0 saturated heterocycles. The van der Waals surface area contributed by atoms with E-state index < -0.39 is 0 Å². The van der Waals surface area contributed by atoms with Gasteiger partial charge in [-0.05, 0) is 63.6 Å². The minimum absolute atomic E-state index is 0.682. The van der Waals surface area contributed by atoms with Crippen LogP contribution in [0.2, 0.25) is 0 Å². The molecule has 0 fully saturated rings. The molecule has 0 unspecified atom stereocenters. The molecule has 4 heteroatoms. The minimum Gasteiger partial charge on any atom is -0.359 e. The number of nitrogens with one attached hydrogen (secondary N) is 1. The molecule has 0 aromatic carbocycles. The number of pyridine rings is 1. The summed E-state index contributed by atoms with van der Waals surface area (Å²) in [5.74, 6) is 1.78. The van der Waals surface area contributed by atoms with Gasteiger partial charge in [-0.25, -0.2) is 4.98 Å². The van der Waals surface area contributed by atoms with Gasteiger partial charge in [-0.2, -0.15) is 0 Å². The molecule has 0 amide bonds. The Balaban J connectivity index is 2.52. The molecule has 1 aromatic heterocycles. The van der Waals surface area contributed by atoms with Crippen molar-refractivity contribution in [3.63, 3.8) is 0 Å². The summed E-state index contributed by atoms with van der Waals surface area (Å²) in [4.78, 5) is 9.12. The zero-order valence-electron chi connectivity index (χ0n) is 14.6. The molecule has 0 radical (unpaired) electrons. The van der Waals surface area contributed by atoms with Crippen LogP contribution >= 0.6 is 0 Å². The van der Waals surface area contributed by atoms with Gasteiger partial charge in [-0.3, -0.25) is 0 Å². The van der Waals surface area contributed by atoms with Crippen molar-refractivity contribution < 1.29 is 0 Å². The topological polar surface area (TPSA) is 31.4 Å². The van der Waals surface area contributed by atoms with Gasteiger partial charge in [0.15, 0.2) is 0 Å². The number of rotatable bonds is 9. The molecule has 1 aromatic rings. The molecular formula is C17H32N4.